The maximum absolute atomic E-state index is 13.1. The summed E-state index contributed by atoms with van der Waals surface area (Å²) in [7, 11) is 1.67. The highest BCUT2D eigenvalue weighted by molar-refractivity contribution is 5.82. The molecule has 1 saturated carbocycles. The molecule has 2 nitrogen and oxygen atoms in total. The highest BCUT2D eigenvalue weighted by Gasteiger charge is 2.38. The van der Waals surface area contributed by atoms with Gasteiger partial charge >= 0.3 is 0 Å². The summed E-state index contributed by atoms with van der Waals surface area (Å²) >= 11 is 0. The lowest BCUT2D eigenvalue weighted by molar-refractivity contribution is -0.131. The molecule has 0 aliphatic heterocycles. The average molecular weight is 250 g/mol. The van der Waals surface area contributed by atoms with Crippen molar-refractivity contribution < 1.29 is 13.9 Å². The van der Waals surface area contributed by atoms with Crippen LogP contribution in [-0.4, -0.2) is 18.5 Å². The predicted octanol–water partition coefficient (Wildman–Crippen LogP) is 3.20. The molecule has 0 heterocycles. The predicted molar refractivity (Wildman–Crippen MR) is 68.1 cm³/mol. The van der Waals surface area contributed by atoms with Gasteiger partial charge in [-0.15, -0.1) is 0 Å². The van der Waals surface area contributed by atoms with E-state index in [0.29, 0.717) is 12.8 Å². The molecule has 0 bridgehead atoms. The molecule has 0 aromatic heterocycles. The minimum Gasteiger partial charge on any atom is -0.378 e. The van der Waals surface area contributed by atoms with E-state index < -0.39 is 0 Å². The molecule has 18 heavy (non-hydrogen) atoms. The molecule has 0 unspecified atom stereocenters. The molecule has 0 saturated heterocycles. The summed E-state index contributed by atoms with van der Waals surface area (Å²) in [4.78, 5) is 12.0. The first-order chi connectivity index (χ1) is 8.54. The number of Topliss-reactive ketones (excluding diaryl/α,β-unsaturated/α-hetero) is 1. The van der Waals surface area contributed by atoms with Crippen molar-refractivity contribution in [2.24, 2.45) is 0 Å². The van der Waals surface area contributed by atoms with Crippen LogP contribution in [0.25, 0.3) is 0 Å². The van der Waals surface area contributed by atoms with Crippen LogP contribution >= 0.6 is 0 Å². The minimum absolute atomic E-state index is 0.130. The molecule has 0 atom stereocenters. The van der Waals surface area contributed by atoms with Gasteiger partial charge in [-0.2, -0.15) is 0 Å². The monoisotopic (exact) mass is 250 g/mol. The number of hydrogen-bond acceptors (Lipinski definition) is 2. The summed E-state index contributed by atoms with van der Waals surface area (Å²) in [6, 6.07) is 4.59. The van der Waals surface area contributed by atoms with Gasteiger partial charge in [0.25, 0.3) is 0 Å². The summed E-state index contributed by atoms with van der Waals surface area (Å²) < 4.78 is 18.6. The molecule has 1 aromatic carbocycles. The van der Waals surface area contributed by atoms with E-state index >= 15 is 0 Å². The van der Waals surface area contributed by atoms with Crippen LogP contribution in [0, 0.1) is 12.7 Å². The number of halogens is 1. The van der Waals surface area contributed by atoms with Crippen molar-refractivity contribution >= 4 is 5.78 Å². The quantitative estimate of drug-likeness (QED) is 0.802. The molecule has 98 valence electrons. The van der Waals surface area contributed by atoms with Crippen molar-refractivity contribution in [1.29, 1.82) is 0 Å². The number of hydrogen-bond donors (Lipinski definition) is 0. The maximum Gasteiger partial charge on any atom is 0.140 e. The second-order valence-electron chi connectivity index (χ2n) is 5.20. The maximum atomic E-state index is 13.1. The second kappa shape index (κ2) is 5.19. The first-order valence-corrected chi connectivity index (χ1v) is 6.36. The summed E-state index contributed by atoms with van der Waals surface area (Å²) in [5, 5.41) is 0. The van der Waals surface area contributed by atoms with Crippen LogP contribution in [0.5, 0.6) is 0 Å². The van der Waals surface area contributed by atoms with Crippen molar-refractivity contribution in [3.63, 3.8) is 0 Å². The van der Waals surface area contributed by atoms with Crippen molar-refractivity contribution in [1.82, 2.24) is 0 Å². The van der Waals surface area contributed by atoms with E-state index in [0.717, 1.165) is 30.4 Å². The zero-order valence-corrected chi connectivity index (χ0v) is 11.0. The molecule has 0 amide bonds. The largest absolute Gasteiger partial charge is 0.378 e. The number of carbonyl (C=O) groups is 1. The molecular formula is C15H19FO2. The molecule has 1 aliphatic carbocycles. The molecule has 1 aliphatic rings. The molecule has 0 radical (unpaired) electrons. The molecule has 2 rings (SSSR count). The average Bonchev–Trinajstić information content (AvgIpc) is 2.28. The number of ether oxygens (including phenoxy) is 1. The number of ketones is 1. The van der Waals surface area contributed by atoms with E-state index in [1.807, 2.05) is 6.92 Å². The molecule has 0 spiro atoms. The smallest absolute Gasteiger partial charge is 0.140 e. The van der Waals surface area contributed by atoms with Crippen LogP contribution < -0.4 is 0 Å². The Hall–Kier alpha value is -1.22. The van der Waals surface area contributed by atoms with Gasteiger partial charge in [0, 0.05) is 20.0 Å². The van der Waals surface area contributed by atoms with Gasteiger partial charge in [-0.3, -0.25) is 4.79 Å². The van der Waals surface area contributed by atoms with E-state index in [4.69, 9.17) is 4.74 Å². The number of methoxy groups -OCH3 is 1. The number of benzene rings is 1. The third kappa shape index (κ3) is 2.78. The Morgan fingerprint density at radius 1 is 1.44 bits per heavy atom. The van der Waals surface area contributed by atoms with Gasteiger partial charge in [0.2, 0.25) is 0 Å². The number of carbonyl (C=O) groups excluding carboxylic acids is 1. The summed E-state index contributed by atoms with van der Waals surface area (Å²) in [6.07, 6.45) is 3.78. The van der Waals surface area contributed by atoms with Gasteiger partial charge in [0.15, 0.2) is 0 Å². The summed E-state index contributed by atoms with van der Waals surface area (Å²) in [6.45, 7) is 1.90. The van der Waals surface area contributed by atoms with E-state index in [9.17, 15) is 9.18 Å². The molecule has 0 N–H and O–H groups in total. The lowest BCUT2D eigenvalue weighted by Gasteiger charge is -2.40. The van der Waals surface area contributed by atoms with E-state index in [-0.39, 0.29) is 17.2 Å². The Kier molecular flexibility index (Phi) is 3.81. The zero-order valence-electron chi connectivity index (χ0n) is 11.0. The Morgan fingerprint density at radius 2 is 2.17 bits per heavy atom. The fourth-order valence-corrected chi connectivity index (χ4v) is 2.49. The van der Waals surface area contributed by atoms with Crippen LogP contribution in [0.2, 0.25) is 0 Å². The summed E-state index contributed by atoms with van der Waals surface area (Å²) in [5.74, 6) is -0.154. The van der Waals surface area contributed by atoms with Gasteiger partial charge < -0.3 is 4.74 Å². The van der Waals surface area contributed by atoms with Crippen molar-refractivity contribution in [3.8, 4) is 0 Å². The fourth-order valence-electron chi connectivity index (χ4n) is 2.49. The molecule has 3 heteroatoms. The van der Waals surface area contributed by atoms with Crippen molar-refractivity contribution in [2.45, 2.75) is 44.6 Å². The normalized spacial score (nSPS) is 17.3. The van der Waals surface area contributed by atoms with Crippen LogP contribution in [-0.2, 0) is 16.0 Å². The van der Waals surface area contributed by atoms with E-state index in [1.54, 1.807) is 13.2 Å². The highest BCUT2D eigenvalue weighted by Crippen LogP contribution is 2.38. The van der Waals surface area contributed by atoms with E-state index in [1.165, 1.54) is 12.1 Å². The van der Waals surface area contributed by atoms with Gasteiger partial charge in [-0.05, 0) is 49.4 Å². The molecule has 1 aromatic rings. The Morgan fingerprint density at radius 3 is 2.72 bits per heavy atom. The first-order valence-electron chi connectivity index (χ1n) is 6.36. The highest BCUT2D eigenvalue weighted by atomic mass is 19.1. The third-order valence-electron chi connectivity index (χ3n) is 3.92. The second-order valence-corrected chi connectivity index (χ2v) is 5.20. The first kappa shape index (κ1) is 13.2. The van der Waals surface area contributed by atoms with Gasteiger partial charge in [-0.1, -0.05) is 6.07 Å². The standard InChI is InChI=1S/C15H19FO2/c1-11-4-5-13(16)8-12(11)9-14(17)10-15(18-2)6-3-7-15/h4-5,8H,3,6-7,9-10H2,1-2H3. The number of rotatable bonds is 5. The van der Waals surface area contributed by atoms with Crippen molar-refractivity contribution in [2.75, 3.05) is 7.11 Å². The van der Waals surface area contributed by atoms with Crippen LogP contribution in [0.3, 0.4) is 0 Å². The zero-order chi connectivity index (χ0) is 13.2. The molecular weight excluding hydrogens is 231 g/mol. The summed E-state index contributed by atoms with van der Waals surface area (Å²) in [5.41, 5.74) is 1.51. The lowest BCUT2D eigenvalue weighted by Crippen LogP contribution is -2.41. The van der Waals surface area contributed by atoms with Crippen LogP contribution in [0.15, 0.2) is 18.2 Å². The third-order valence-corrected chi connectivity index (χ3v) is 3.92. The van der Waals surface area contributed by atoms with Gasteiger partial charge in [0.05, 0.1) is 5.60 Å². The van der Waals surface area contributed by atoms with Gasteiger partial charge in [-0.25, -0.2) is 4.39 Å². The SMILES string of the molecule is COC1(CC(=O)Cc2cc(F)ccc2C)CCC1. The molecule has 1 fully saturated rings. The number of aryl methyl sites for hydroxylation is 1. The Bertz CT molecular complexity index is 444. The minimum atomic E-state index is -0.284. The Labute approximate surface area is 107 Å². The Balaban J connectivity index is 2.00. The lowest BCUT2D eigenvalue weighted by atomic mass is 9.76. The van der Waals surface area contributed by atoms with Crippen LogP contribution in [0.4, 0.5) is 4.39 Å². The van der Waals surface area contributed by atoms with Crippen molar-refractivity contribution in [3.05, 3.63) is 35.1 Å². The van der Waals surface area contributed by atoms with Crippen LogP contribution in [0.1, 0.15) is 36.8 Å². The van der Waals surface area contributed by atoms with Gasteiger partial charge in [0.1, 0.15) is 11.6 Å². The van der Waals surface area contributed by atoms with E-state index in [2.05, 4.69) is 0 Å². The topological polar surface area (TPSA) is 26.3 Å². The fraction of sp³-hybridized carbons (Fsp3) is 0.533.